The van der Waals surface area contributed by atoms with E-state index in [0.29, 0.717) is 5.92 Å². The molecule has 2 N–H and O–H groups in total. The monoisotopic (exact) mass is 206 g/mol. The van der Waals surface area contributed by atoms with Crippen molar-refractivity contribution < 1.29 is 5.11 Å². The van der Waals surface area contributed by atoms with Crippen molar-refractivity contribution >= 4 is 0 Å². The maximum atomic E-state index is 10.5. The predicted octanol–water partition coefficient (Wildman–Crippen LogP) is 1.29. The summed E-state index contributed by atoms with van der Waals surface area (Å²) in [5.41, 5.74) is 0.188. The second kappa shape index (κ2) is 4.29. The van der Waals surface area contributed by atoms with E-state index in [1.54, 1.807) is 12.4 Å². The Kier molecular flexibility index (Phi) is 3.03. The van der Waals surface area contributed by atoms with Crippen molar-refractivity contribution in [2.75, 3.05) is 13.1 Å². The molecule has 1 aliphatic rings. The Morgan fingerprint density at radius 2 is 2.20 bits per heavy atom. The standard InChI is InChI=1S/C12H18N2O/c1-12(15,10-4-7-13-8-5-10)11-3-2-6-14-9-11/h2-3,6,9-10,13,15H,4-5,7-8H2,1H3. The van der Waals surface area contributed by atoms with Crippen molar-refractivity contribution in [2.24, 2.45) is 5.92 Å². The topological polar surface area (TPSA) is 45.2 Å². The highest BCUT2D eigenvalue weighted by Crippen LogP contribution is 2.34. The van der Waals surface area contributed by atoms with Crippen molar-refractivity contribution in [3.63, 3.8) is 0 Å². The Labute approximate surface area is 90.5 Å². The van der Waals surface area contributed by atoms with Crippen LogP contribution in [0.15, 0.2) is 24.5 Å². The maximum Gasteiger partial charge on any atom is 0.0912 e. The van der Waals surface area contributed by atoms with E-state index < -0.39 is 5.60 Å². The minimum Gasteiger partial charge on any atom is -0.385 e. The van der Waals surface area contributed by atoms with Gasteiger partial charge in [-0.2, -0.15) is 0 Å². The van der Waals surface area contributed by atoms with Gasteiger partial charge < -0.3 is 10.4 Å². The van der Waals surface area contributed by atoms with Crippen LogP contribution in [0.3, 0.4) is 0 Å². The zero-order valence-electron chi connectivity index (χ0n) is 9.11. The third-order valence-corrected chi connectivity index (χ3v) is 3.38. The normalized spacial score (nSPS) is 22.3. The van der Waals surface area contributed by atoms with Crippen LogP contribution in [0.25, 0.3) is 0 Å². The summed E-state index contributed by atoms with van der Waals surface area (Å²) in [6.45, 7) is 3.90. The minimum atomic E-state index is -0.740. The van der Waals surface area contributed by atoms with Gasteiger partial charge in [0.1, 0.15) is 0 Å². The molecule has 1 fully saturated rings. The highest BCUT2D eigenvalue weighted by molar-refractivity contribution is 5.18. The first-order chi connectivity index (χ1) is 7.21. The summed E-state index contributed by atoms with van der Waals surface area (Å²) in [7, 11) is 0. The van der Waals surface area contributed by atoms with Gasteiger partial charge in [-0.1, -0.05) is 6.07 Å². The summed E-state index contributed by atoms with van der Waals surface area (Å²) in [5.74, 6) is 0.336. The van der Waals surface area contributed by atoms with Gasteiger partial charge in [0.15, 0.2) is 0 Å². The van der Waals surface area contributed by atoms with Gasteiger partial charge >= 0.3 is 0 Å². The van der Waals surface area contributed by atoms with E-state index in [0.717, 1.165) is 31.5 Å². The molecule has 2 rings (SSSR count). The number of pyridine rings is 1. The zero-order chi connectivity index (χ0) is 10.7. The molecule has 15 heavy (non-hydrogen) atoms. The van der Waals surface area contributed by atoms with Gasteiger partial charge in [0.05, 0.1) is 5.60 Å². The SMILES string of the molecule is CC(O)(c1cccnc1)C1CCNCC1. The van der Waals surface area contributed by atoms with E-state index in [-0.39, 0.29) is 0 Å². The van der Waals surface area contributed by atoms with E-state index in [9.17, 15) is 5.11 Å². The fourth-order valence-electron chi connectivity index (χ4n) is 2.28. The van der Waals surface area contributed by atoms with Crippen molar-refractivity contribution in [3.8, 4) is 0 Å². The number of nitrogens with one attached hydrogen (secondary N) is 1. The van der Waals surface area contributed by atoms with E-state index in [2.05, 4.69) is 10.3 Å². The van der Waals surface area contributed by atoms with Crippen LogP contribution in [0.1, 0.15) is 25.3 Å². The molecule has 3 heteroatoms. The number of nitrogens with zero attached hydrogens (tertiary/aromatic N) is 1. The molecule has 1 saturated heterocycles. The first-order valence-electron chi connectivity index (χ1n) is 5.55. The zero-order valence-corrected chi connectivity index (χ0v) is 9.11. The molecule has 0 radical (unpaired) electrons. The second-order valence-electron chi connectivity index (χ2n) is 4.41. The molecule has 0 spiro atoms. The highest BCUT2D eigenvalue weighted by atomic mass is 16.3. The molecule has 0 bridgehead atoms. The van der Waals surface area contributed by atoms with Gasteiger partial charge in [-0.25, -0.2) is 0 Å². The Morgan fingerprint density at radius 1 is 1.47 bits per heavy atom. The first-order valence-corrected chi connectivity index (χ1v) is 5.55. The lowest BCUT2D eigenvalue weighted by atomic mass is 9.78. The summed E-state index contributed by atoms with van der Waals surface area (Å²) in [6.07, 6.45) is 5.56. The van der Waals surface area contributed by atoms with E-state index in [1.807, 2.05) is 19.1 Å². The molecule has 3 nitrogen and oxygen atoms in total. The van der Waals surface area contributed by atoms with Crippen LogP contribution in [0.4, 0.5) is 0 Å². The number of piperidine rings is 1. The average molecular weight is 206 g/mol. The molecule has 0 amide bonds. The molecular weight excluding hydrogens is 188 g/mol. The number of aliphatic hydroxyl groups is 1. The van der Waals surface area contributed by atoms with Gasteiger partial charge in [0, 0.05) is 18.0 Å². The minimum absolute atomic E-state index is 0.336. The van der Waals surface area contributed by atoms with Crippen LogP contribution >= 0.6 is 0 Å². The van der Waals surface area contributed by atoms with Crippen molar-refractivity contribution in [1.82, 2.24) is 10.3 Å². The number of hydrogen-bond acceptors (Lipinski definition) is 3. The quantitative estimate of drug-likeness (QED) is 0.766. The van der Waals surface area contributed by atoms with Gasteiger partial charge in [0.2, 0.25) is 0 Å². The lowest BCUT2D eigenvalue weighted by Gasteiger charge is -2.36. The molecule has 0 aliphatic carbocycles. The van der Waals surface area contributed by atoms with Crippen molar-refractivity contribution in [1.29, 1.82) is 0 Å². The largest absolute Gasteiger partial charge is 0.385 e. The Hall–Kier alpha value is -0.930. The molecule has 0 saturated carbocycles. The second-order valence-corrected chi connectivity index (χ2v) is 4.41. The van der Waals surface area contributed by atoms with Crippen LogP contribution in [-0.2, 0) is 5.60 Å². The van der Waals surface area contributed by atoms with Crippen LogP contribution in [0.2, 0.25) is 0 Å². The summed E-state index contributed by atoms with van der Waals surface area (Å²) in [4.78, 5) is 4.07. The molecule has 1 aliphatic heterocycles. The summed E-state index contributed by atoms with van der Waals surface area (Å²) < 4.78 is 0. The first kappa shape index (κ1) is 10.6. The van der Waals surface area contributed by atoms with E-state index in [1.165, 1.54) is 0 Å². The summed E-state index contributed by atoms with van der Waals surface area (Å²) >= 11 is 0. The Morgan fingerprint density at radius 3 is 2.80 bits per heavy atom. The third kappa shape index (κ3) is 2.19. The third-order valence-electron chi connectivity index (χ3n) is 3.38. The molecule has 1 aromatic rings. The molecular formula is C12H18N2O. The average Bonchev–Trinajstić information content (AvgIpc) is 2.31. The van der Waals surface area contributed by atoms with E-state index >= 15 is 0 Å². The summed E-state index contributed by atoms with van der Waals surface area (Å²) in [6, 6.07) is 3.83. The molecule has 1 aromatic heterocycles. The Balaban J connectivity index is 2.18. The number of rotatable bonds is 2. The summed E-state index contributed by atoms with van der Waals surface area (Å²) in [5, 5.41) is 13.9. The molecule has 82 valence electrons. The van der Waals surface area contributed by atoms with Gasteiger partial charge in [0.25, 0.3) is 0 Å². The van der Waals surface area contributed by atoms with Gasteiger partial charge in [-0.3, -0.25) is 4.98 Å². The van der Waals surface area contributed by atoms with Crippen LogP contribution in [0.5, 0.6) is 0 Å². The van der Waals surface area contributed by atoms with Crippen LogP contribution in [-0.4, -0.2) is 23.2 Å². The lowest BCUT2D eigenvalue weighted by molar-refractivity contribution is -0.0189. The maximum absolute atomic E-state index is 10.5. The number of aromatic nitrogens is 1. The van der Waals surface area contributed by atoms with Crippen molar-refractivity contribution in [2.45, 2.75) is 25.4 Å². The fraction of sp³-hybridized carbons (Fsp3) is 0.583. The fourth-order valence-corrected chi connectivity index (χ4v) is 2.28. The van der Waals surface area contributed by atoms with Gasteiger partial charge in [-0.15, -0.1) is 0 Å². The molecule has 1 atom stereocenters. The van der Waals surface area contributed by atoms with Crippen molar-refractivity contribution in [3.05, 3.63) is 30.1 Å². The van der Waals surface area contributed by atoms with E-state index in [4.69, 9.17) is 0 Å². The van der Waals surface area contributed by atoms with Crippen LogP contribution < -0.4 is 5.32 Å². The lowest BCUT2D eigenvalue weighted by Crippen LogP contribution is -2.39. The van der Waals surface area contributed by atoms with Crippen LogP contribution in [0, 0.1) is 5.92 Å². The predicted molar refractivity (Wildman–Crippen MR) is 59.4 cm³/mol. The highest BCUT2D eigenvalue weighted by Gasteiger charge is 2.34. The Bertz CT molecular complexity index is 305. The van der Waals surface area contributed by atoms with Gasteiger partial charge in [-0.05, 0) is 44.8 Å². The number of hydrogen-bond donors (Lipinski definition) is 2. The smallest absolute Gasteiger partial charge is 0.0912 e. The molecule has 2 heterocycles. The molecule has 0 aromatic carbocycles. The molecule has 1 unspecified atom stereocenters.